The number of benzene rings is 1. The second kappa shape index (κ2) is 8.23. The number of nitriles is 1. The highest BCUT2D eigenvalue weighted by Crippen LogP contribution is 2.31. The summed E-state index contributed by atoms with van der Waals surface area (Å²) in [7, 11) is 0. The van der Waals surface area contributed by atoms with Crippen LogP contribution in [0.4, 0.5) is 5.69 Å². The Bertz CT molecular complexity index is 772. The number of hydrogen-bond acceptors (Lipinski definition) is 6. The van der Waals surface area contributed by atoms with Crippen molar-refractivity contribution in [3.63, 3.8) is 0 Å². The van der Waals surface area contributed by atoms with E-state index in [1.54, 1.807) is 25.1 Å². The molecule has 0 aliphatic carbocycles. The van der Waals surface area contributed by atoms with E-state index in [0.717, 1.165) is 4.90 Å². The predicted molar refractivity (Wildman–Crippen MR) is 97.7 cm³/mol. The zero-order valence-electron chi connectivity index (χ0n) is 14.9. The number of carbonyl (C=O) groups is 3. The highest BCUT2D eigenvalue weighted by molar-refractivity contribution is 7.99. The molecule has 0 saturated carbocycles. The second-order valence-electron chi connectivity index (χ2n) is 6.45. The van der Waals surface area contributed by atoms with Gasteiger partial charge in [0.15, 0.2) is 6.61 Å². The summed E-state index contributed by atoms with van der Waals surface area (Å²) in [5, 5.41) is 14.5. The van der Waals surface area contributed by atoms with Crippen molar-refractivity contribution in [3.05, 3.63) is 23.8 Å². The zero-order chi connectivity index (χ0) is 19.3. The van der Waals surface area contributed by atoms with Crippen LogP contribution >= 0.6 is 11.8 Å². The molecule has 138 valence electrons. The van der Waals surface area contributed by atoms with Crippen LogP contribution in [0.25, 0.3) is 0 Å². The first kappa shape index (κ1) is 19.8. The van der Waals surface area contributed by atoms with E-state index in [-0.39, 0.29) is 17.4 Å². The van der Waals surface area contributed by atoms with Gasteiger partial charge < -0.3 is 15.4 Å². The lowest BCUT2D eigenvalue weighted by atomic mass is 9.90. The normalized spacial score (nSPS) is 15.7. The molecular weight excluding hydrogens is 354 g/mol. The Labute approximate surface area is 156 Å². The molecule has 1 atom stereocenters. The molecule has 1 aromatic carbocycles. The number of nitrogens with one attached hydrogen (secondary N) is 2. The zero-order valence-corrected chi connectivity index (χ0v) is 15.7. The third kappa shape index (κ3) is 4.76. The summed E-state index contributed by atoms with van der Waals surface area (Å²) in [6, 6.07) is 6.94. The van der Waals surface area contributed by atoms with Gasteiger partial charge in [0.05, 0.1) is 17.3 Å². The minimum atomic E-state index is -1.03. The number of anilines is 1. The quantitative estimate of drug-likeness (QED) is 0.765. The maximum absolute atomic E-state index is 12.2. The molecule has 2 amide bonds. The van der Waals surface area contributed by atoms with Gasteiger partial charge in [-0.1, -0.05) is 13.8 Å². The van der Waals surface area contributed by atoms with Crippen LogP contribution in [0.3, 0.4) is 0 Å². The third-order valence-electron chi connectivity index (χ3n) is 4.20. The first-order chi connectivity index (χ1) is 12.2. The average Bonchev–Trinajstić information content (AvgIpc) is 2.79. The summed E-state index contributed by atoms with van der Waals surface area (Å²) < 4.78 is 5.03. The number of nitrogens with zero attached hydrogens (tertiary/aromatic N) is 1. The van der Waals surface area contributed by atoms with Gasteiger partial charge in [0.2, 0.25) is 5.91 Å². The molecule has 0 spiro atoms. The van der Waals surface area contributed by atoms with Gasteiger partial charge in [0, 0.05) is 17.1 Å². The van der Waals surface area contributed by atoms with E-state index in [2.05, 4.69) is 16.7 Å². The minimum absolute atomic E-state index is 0.0992. The minimum Gasteiger partial charge on any atom is -0.452 e. The molecule has 1 aromatic rings. The van der Waals surface area contributed by atoms with Crippen LogP contribution in [0, 0.1) is 17.2 Å². The van der Waals surface area contributed by atoms with Gasteiger partial charge in [-0.05, 0) is 31.0 Å². The number of esters is 1. The van der Waals surface area contributed by atoms with Crippen molar-refractivity contribution in [1.29, 1.82) is 5.26 Å². The monoisotopic (exact) mass is 375 g/mol. The van der Waals surface area contributed by atoms with Crippen LogP contribution in [-0.2, 0) is 14.3 Å². The summed E-state index contributed by atoms with van der Waals surface area (Å²) in [6.07, 6.45) is 0.410. The molecule has 1 heterocycles. The SMILES string of the molecule is CC(C)[C@](C)(C#N)NC(=O)COC(=O)c1ccc2c(c1)NC(=O)CCS2. The first-order valence-electron chi connectivity index (χ1n) is 8.21. The van der Waals surface area contributed by atoms with Crippen molar-refractivity contribution < 1.29 is 19.1 Å². The molecule has 8 heteroatoms. The van der Waals surface area contributed by atoms with Crippen LogP contribution in [0.2, 0.25) is 0 Å². The number of hydrogen-bond donors (Lipinski definition) is 2. The Morgan fingerprint density at radius 2 is 2.19 bits per heavy atom. The lowest BCUT2D eigenvalue weighted by molar-refractivity contribution is -0.125. The van der Waals surface area contributed by atoms with E-state index < -0.39 is 24.0 Å². The fourth-order valence-corrected chi connectivity index (χ4v) is 3.13. The van der Waals surface area contributed by atoms with Gasteiger partial charge in [-0.3, -0.25) is 9.59 Å². The van der Waals surface area contributed by atoms with E-state index in [1.807, 2.05) is 13.8 Å². The second-order valence-corrected chi connectivity index (χ2v) is 7.59. The van der Waals surface area contributed by atoms with Crippen molar-refractivity contribution in [2.24, 2.45) is 5.92 Å². The van der Waals surface area contributed by atoms with Gasteiger partial charge in [0.1, 0.15) is 5.54 Å². The molecular formula is C18H21N3O4S. The number of ether oxygens (including phenoxy) is 1. The number of rotatable bonds is 5. The molecule has 0 radical (unpaired) electrons. The third-order valence-corrected chi connectivity index (χ3v) is 5.27. The smallest absolute Gasteiger partial charge is 0.338 e. The van der Waals surface area contributed by atoms with Gasteiger partial charge in [-0.2, -0.15) is 5.26 Å². The Balaban J connectivity index is 1.99. The molecule has 1 aliphatic rings. The summed E-state index contributed by atoms with van der Waals surface area (Å²) in [5.74, 6) is -0.746. The summed E-state index contributed by atoms with van der Waals surface area (Å²) in [5.41, 5.74) is -0.228. The van der Waals surface area contributed by atoms with Crippen LogP contribution < -0.4 is 10.6 Å². The fraction of sp³-hybridized carbons (Fsp3) is 0.444. The summed E-state index contributed by atoms with van der Waals surface area (Å²) in [4.78, 5) is 36.7. The Kier molecular flexibility index (Phi) is 6.27. The number of carbonyl (C=O) groups excluding carboxylic acids is 3. The van der Waals surface area contributed by atoms with E-state index in [9.17, 15) is 19.6 Å². The highest BCUT2D eigenvalue weighted by atomic mass is 32.2. The van der Waals surface area contributed by atoms with E-state index in [1.165, 1.54) is 11.8 Å². The maximum Gasteiger partial charge on any atom is 0.338 e. The summed E-state index contributed by atoms with van der Waals surface area (Å²) in [6.45, 7) is 4.76. The maximum atomic E-state index is 12.2. The van der Waals surface area contributed by atoms with E-state index >= 15 is 0 Å². The Morgan fingerprint density at radius 1 is 1.46 bits per heavy atom. The van der Waals surface area contributed by atoms with Crippen LogP contribution in [0.15, 0.2) is 23.1 Å². The number of fused-ring (bicyclic) bond motifs is 1. The van der Waals surface area contributed by atoms with Crippen LogP contribution in [0.5, 0.6) is 0 Å². The fourth-order valence-electron chi connectivity index (χ4n) is 2.19. The van der Waals surface area contributed by atoms with Crippen LogP contribution in [-0.4, -0.2) is 35.7 Å². The van der Waals surface area contributed by atoms with E-state index in [4.69, 9.17) is 4.74 Å². The van der Waals surface area contributed by atoms with E-state index in [0.29, 0.717) is 17.9 Å². The Morgan fingerprint density at radius 3 is 2.85 bits per heavy atom. The molecule has 2 rings (SSSR count). The predicted octanol–water partition coefficient (Wildman–Crippen LogP) is 2.33. The van der Waals surface area contributed by atoms with Crippen molar-refractivity contribution in [2.75, 3.05) is 17.7 Å². The van der Waals surface area contributed by atoms with Gasteiger partial charge in [-0.25, -0.2) is 4.79 Å². The lowest BCUT2D eigenvalue weighted by Gasteiger charge is -2.27. The number of thioether (sulfide) groups is 1. The van der Waals surface area contributed by atoms with Crippen molar-refractivity contribution in [2.45, 2.75) is 37.6 Å². The number of amides is 2. The summed E-state index contributed by atoms with van der Waals surface area (Å²) >= 11 is 1.53. The molecule has 0 unspecified atom stereocenters. The van der Waals surface area contributed by atoms with Crippen molar-refractivity contribution >= 4 is 35.2 Å². The highest BCUT2D eigenvalue weighted by Gasteiger charge is 2.30. The molecule has 0 fully saturated rings. The molecule has 26 heavy (non-hydrogen) atoms. The molecule has 7 nitrogen and oxygen atoms in total. The molecule has 0 saturated heterocycles. The standard InChI is InChI=1S/C18H21N3O4S/c1-11(2)18(3,10-19)21-16(23)9-25-17(24)12-4-5-14-13(8-12)20-15(22)6-7-26-14/h4-5,8,11H,6-7,9H2,1-3H3,(H,20,22)(H,21,23)/t18-/m0/s1. The first-order valence-corrected chi connectivity index (χ1v) is 9.20. The average molecular weight is 375 g/mol. The topological polar surface area (TPSA) is 108 Å². The van der Waals surface area contributed by atoms with Crippen molar-refractivity contribution in [3.8, 4) is 6.07 Å². The Hall–Kier alpha value is -2.53. The molecule has 2 N–H and O–H groups in total. The molecule has 0 bridgehead atoms. The van der Waals surface area contributed by atoms with Crippen LogP contribution in [0.1, 0.15) is 37.6 Å². The molecule has 1 aliphatic heterocycles. The van der Waals surface area contributed by atoms with Crippen molar-refractivity contribution in [1.82, 2.24) is 5.32 Å². The van der Waals surface area contributed by atoms with Gasteiger partial charge >= 0.3 is 5.97 Å². The largest absolute Gasteiger partial charge is 0.452 e. The lowest BCUT2D eigenvalue weighted by Crippen LogP contribution is -2.50. The van der Waals surface area contributed by atoms with Gasteiger partial charge in [-0.15, -0.1) is 11.8 Å². The van der Waals surface area contributed by atoms with Gasteiger partial charge in [0.25, 0.3) is 5.91 Å². The molecule has 0 aromatic heterocycles.